The fourth-order valence-corrected chi connectivity index (χ4v) is 1.09. The van der Waals surface area contributed by atoms with Crippen molar-refractivity contribution in [3.05, 3.63) is 60.7 Å². The maximum Gasteiger partial charge on any atom is -0.0244 e. The number of rotatable bonds is 4. The SMILES string of the molecule is C=C/C=C/CCc1ccccc1. The molecule has 0 atom stereocenters. The molecule has 0 nitrogen and oxygen atoms in total. The molecule has 0 N–H and O–H groups in total. The molecule has 62 valence electrons. The van der Waals surface area contributed by atoms with Gasteiger partial charge >= 0.3 is 0 Å². The Kier molecular flexibility index (Phi) is 3.93. The highest BCUT2D eigenvalue weighted by Crippen LogP contribution is 2.02. The molecule has 0 aromatic heterocycles. The van der Waals surface area contributed by atoms with Gasteiger partial charge in [0.1, 0.15) is 0 Å². The van der Waals surface area contributed by atoms with Crippen LogP contribution in [0.1, 0.15) is 12.0 Å². The quantitative estimate of drug-likeness (QED) is 0.589. The standard InChI is InChI=1S/C12H14/c1-2-3-4-6-9-12-10-7-5-8-11-12/h2-5,7-8,10-11H,1,6,9H2/b4-3+. The normalized spacial score (nSPS) is 10.3. The van der Waals surface area contributed by atoms with Gasteiger partial charge < -0.3 is 0 Å². The minimum absolute atomic E-state index is 1.09. The first-order valence-corrected chi connectivity index (χ1v) is 4.25. The predicted molar refractivity (Wildman–Crippen MR) is 54.1 cm³/mol. The van der Waals surface area contributed by atoms with Crippen molar-refractivity contribution >= 4 is 0 Å². The molecule has 0 radical (unpaired) electrons. The van der Waals surface area contributed by atoms with Crippen molar-refractivity contribution in [1.29, 1.82) is 0 Å². The van der Waals surface area contributed by atoms with Gasteiger partial charge in [0.25, 0.3) is 0 Å². The topological polar surface area (TPSA) is 0 Å². The van der Waals surface area contributed by atoms with E-state index in [1.165, 1.54) is 5.56 Å². The van der Waals surface area contributed by atoms with Gasteiger partial charge in [0.2, 0.25) is 0 Å². The third-order valence-electron chi connectivity index (χ3n) is 1.71. The van der Waals surface area contributed by atoms with Crippen LogP contribution in [-0.4, -0.2) is 0 Å². The van der Waals surface area contributed by atoms with E-state index in [4.69, 9.17) is 0 Å². The summed E-state index contributed by atoms with van der Waals surface area (Å²) in [6.45, 7) is 3.62. The van der Waals surface area contributed by atoms with E-state index in [1.807, 2.05) is 18.2 Å². The Morgan fingerprint density at radius 1 is 1.17 bits per heavy atom. The molecule has 0 fully saturated rings. The average molecular weight is 158 g/mol. The molecule has 1 aromatic carbocycles. The molecular weight excluding hydrogens is 144 g/mol. The van der Waals surface area contributed by atoms with Gasteiger partial charge in [0, 0.05) is 0 Å². The van der Waals surface area contributed by atoms with Crippen LogP contribution in [0, 0.1) is 0 Å². The van der Waals surface area contributed by atoms with Crippen LogP contribution in [-0.2, 0) is 6.42 Å². The highest BCUT2D eigenvalue weighted by Gasteiger charge is 1.86. The summed E-state index contributed by atoms with van der Waals surface area (Å²) in [5.74, 6) is 0. The van der Waals surface area contributed by atoms with Crippen LogP contribution in [0.5, 0.6) is 0 Å². The predicted octanol–water partition coefficient (Wildman–Crippen LogP) is 3.36. The molecule has 0 aliphatic rings. The van der Waals surface area contributed by atoms with Crippen LogP contribution in [0.2, 0.25) is 0 Å². The van der Waals surface area contributed by atoms with E-state index >= 15 is 0 Å². The molecule has 0 aliphatic heterocycles. The summed E-state index contributed by atoms with van der Waals surface area (Å²) in [6.07, 6.45) is 8.15. The van der Waals surface area contributed by atoms with Crippen LogP contribution >= 0.6 is 0 Å². The molecule has 1 rings (SSSR count). The van der Waals surface area contributed by atoms with E-state index in [2.05, 4.69) is 36.9 Å². The molecule has 0 amide bonds. The summed E-state index contributed by atoms with van der Waals surface area (Å²) in [7, 11) is 0. The average Bonchev–Trinajstić information content (AvgIpc) is 2.14. The Labute approximate surface area is 74.2 Å². The summed E-state index contributed by atoms with van der Waals surface area (Å²) < 4.78 is 0. The molecule has 1 aromatic rings. The number of hydrogen-bond donors (Lipinski definition) is 0. The zero-order valence-electron chi connectivity index (χ0n) is 7.24. The Morgan fingerprint density at radius 3 is 2.58 bits per heavy atom. The van der Waals surface area contributed by atoms with Crippen molar-refractivity contribution in [2.45, 2.75) is 12.8 Å². The minimum Gasteiger partial charge on any atom is -0.0991 e. The van der Waals surface area contributed by atoms with Crippen molar-refractivity contribution in [3.8, 4) is 0 Å². The van der Waals surface area contributed by atoms with Gasteiger partial charge in [-0.25, -0.2) is 0 Å². The third-order valence-corrected chi connectivity index (χ3v) is 1.71. The second-order valence-corrected chi connectivity index (χ2v) is 2.69. The van der Waals surface area contributed by atoms with E-state index in [-0.39, 0.29) is 0 Å². The smallest absolute Gasteiger partial charge is 0.0244 e. The first kappa shape index (κ1) is 8.79. The van der Waals surface area contributed by atoms with E-state index in [9.17, 15) is 0 Å². The lowest BCUT2D eigenvalue weighted by Gasteiger charge is -1.95. The van der Waals surface area contributed by atoms with Gasteiger partial charge in [-0.2, -0.15) is 0 Å². The molecule has 0 heterocycles. The highest BCUT2D eigenvalue weighted by molar-refractivity contribution is 5.15. The van der Waals surface area contributed by atoms with Gasteiger partial charge in [-0.1, -0.05) is 55.1 Å². The zero-order valence-corrected chi connectivity index (χ0v) is 7.24. The van der Waals surface area contributed by atoms with Gasteiger partial charge in [-0.3, -0.25) is 0 Å². The molecule has 0 spiro atoms. The van der Waals surface area contributed by atoms with E-state index in [1.54, 1.807) is 0 Å². The Bertz CT molecular complexity index is 244. The van der Waals surface area contributed by atoms with Gasteiger partial charge in [0.15, 0.2) is 0 Å². The summed E-state index contributed by atoms with van der Waals surface area (Å²) in [6, 6.07) is 10.5. The Balaban J connectivity index is 2.33. The van der Waals surface area contributed by atoms with Crippen molar-refractivity contribution in [1.82, 2.24) is 0 Å². The Hall–Kier alpha value is -1.30. The number of hydrogen-bond acceptors (Lipinski definition) is 0. The fraction of sp³-hybridized carbons (Fsp3) is 0.167. The molecule has 0 aliphatic carbocycles. The Morgan fingerprint density at radius 2 is 1.92 bits per heavy atom. The van der Waals surface area contributed by atoms with Crippen LogP contribution < -0.4 is 0 Å². The second kappa shape index (κ2) is 5.36. The molecule has 12 heavy (non-hydrogen) atoms. The summed E-state index contributed by atoms with van der Waals surface area (Å²) in [5.41, 5.74) is 1.39. The van der Waals surface area contributed by atoms with E-state index in [0.717, 1.165) is 12.8 Å². The molecular formula is C12H14. The number of aryl methyl sites for hydroxylation is 1. The van der Waals surface area contributed by atoms with E-state index in [0.29, 0.717) is 0 Å². The lowest BCUT2D eigenvalue weighted by Crippen LogP contribution is -1.80. The summed E-state index contributed by atoms with van der Waals surface area (Å²) in [5, 5.41) is 0. The molecule has 0 bridgehead atoms. The van der Waals surface area contributed by atoms with Crippen LogP contribution in [0.4, 0.5) is 0 Å². The summed E-state index contributed by atoms with van der Waals surface area (Å²) >= 11 is 0. The van der Waals surface area contributed by atoms with Crippen LogP contribution in [0.3, 0.4) is 0 Å². The number of allylic oxidation sites excluding steroid dienone is 3. The lowest BCUT2D eigenvalue weighted by molar-refractivity contribution is 1.00. The second-order valence-electron chi connectivity index (χ2n) is 2.69. The van der Waals surface area contributed by atoms with Crippen LogP contribution in [0.25, 0.3) is 0 Å². The molecule has 0 heteroatoms. The van der Waals surface area contributed by atoms with Crippen LogP contribution in [0.15, 0.2) is 55.1 Å². The maximum atomic E-state index is 3.62. The lowest BCUT2D eigenvalue weighted by atomic mass is 10.1. The first-order chi connectivity index (χ1) is 5.93. The third kappa shape index (κ3) is 3.20. The molecule has 0 saturated heterocycles. The fourth-order valence-electron chi connectivity index (χ4n) is 1.09. The van der Waals surface area contributed by atoms with Crippen molar-refractivity contribution in [2.75, 3.05) is 0 Å². The van der Waals surface area contributed by atoms with E-state index < -0.39 is 0 Å². The summed E-state index contributed by atoms with van der Waals surface area (Å²) in [4.78, 5) is 0. The van der Waals surface area contributed by atoms with Crippen molar-refractivity contribution in [2.24, 2.45) is 0 Å². The largest absolute Gasteiger partial charge is 0.0991 e. The monoisotopic (exact) mass is 158 g/mol. The van der Waals surface area contributed by atoms with Gasteiger partial charge in [-0.05, 0) is 18.4 Å². The molecule has 0 saturated carbocycles. The maximum absolute atomic E-state index is 3.62. The minimum atomic E-state index is 1.09. The number of benzene rings is 1. The first-order valence-electron chi connectivity index (χ1n) is 4.25. The van der Waals surface area contributed by atoms with Gasteiger partial charge in [0.05, 0.1) is 0 Å². The highest BCUT2D eigenvalue weighted by atomic mass is 13.9. The molecule has 0 unspecified atom stereocenters. The van der Waals surface area contributed by atoms with Gasteiger partial charge in [-0.15, -0.1) is 0 Å². The van der Waals surface area contributed by atoms with Crippen molar-refractivity contribution < 1.29 is 0 Å². The zero-order chi connectivity index (χ0) is 8.65. The van der Waals surface area contributed by atoms with Crippen molar-refractivity contribution in [3.63, 3.8) is 0 Å².